The summed E-state index contributed by atoms with van der Waals surface area (Å²) in [6.45, 7) is 4.91. The van der Waals surface area contributed by atoms with Crippen molar-refractivity contribution in [2.45, 2.75) is 32.3 Å². The van der Waals surface area contributed by atoms with Gasteiger partial charge in [-0.2, -0.15) is 0 Å². The van der Waals surface area contributed by atoms with E-state index in [0.29, 0.717) is 12.2 Å². The standard InChI is InChI=1S/C19H29N3O3/c1-5-10-22(4)11-8-17-16-7-6-15(13-14(16)9-12-25-17)18(23)20-19(24)21(2)3/h6-7,13,17H,5,8-12H2,1-4H3,(H,20,23,24). The molecule has 3 amide bonds. The number of imide groups is 1. The Morgan fingerprint density at radius 2 is 2.00 bits per heavy atom. The minimum Gasteiger partial charge on any atom is -0.373 e. The van der Waals surface area contributed by atoms with Crippen molar-refractivity contribution in [2.75, 3.05) is 40.8 Å². The number of fused-ring (bicyclic) bond motifs is 1. The first kappa shape index (κ1) is 19.4. The smallest absolute Gasteiger partial charge is 0.323 e. The molecule has 138 valence electrons. The summed E-state index contributed by atoms with van der Waals surface area (Å²) < 4.78 is 5.94. The average molecular weight is 347 g/mol. The van der Waals surface area contributed by atoms with Crippen molar-refractivity contribution >= 4 is 11.9 Å². The maximum Gasteiger partial charge on any atom is 0.323 e. The van der Waals surface area contributed by atoms with E-state index in [1.165, 1.54) is 4.90 Å². The molecule has 0 aromatic heterocycles. The molecule has 2 rings (SSSR count). The van der Waals surface area contributed by atoms with E-state index in [4.69, 9.17) is 4.74 Å². The zero-order chi connectivity index (χ0) is 18.4. The Balaban J connectivity index is 2.06. The number of nitrogens with one attached hydrogen (secondary N) is 1. The van der Waals surface area contributed by atoms with Crippen molar-refractivity contribution in [2.24, 2.45) is 0 Å². The number of nitrogens with zero attached hydrogens (tertiary/aromatic N) is 2. The minimum atomic E-state index is -0.414. The van der Waals surface area contributed by atoms with E-state index in [0.717, 1.165) is 43.5 Å². The van der Waals surface area contributed by atoms with Crippen LogP contribution in [0, 0.1) is 0 Å². The van der Waals surface area contributed by atoms with Crippen LogP contribution in [0.15, 0.2) is 18.2 Å². The quantitative estimate of drug-likeness (QED) is 0.859. The van der Waals surface area contributed by atoms with Gasteiger partial charge in [0.15, 0.2) is 0 Å². The van der Waals surface area contributed by atoms with Gasteiger partial charge in [-0.25, -0.2) is 4.79 Å². The maximum absolute atomic E-state index is 12.2. The van der Waals surface area contributed by atoms with Crippen LogP contribution in [0.3, 0.4) is 0 Å². The predicted molar refractivity (Wildman–Crippen MR) is 97.8 cm³/mol. The molecule has 0 aliphatic carbocycles. The van der Waals surface area contributed by atoms with Gasteiger partial charge in [0, 0.05) is 26.2 Å². The monoisotopic (exact) mass is 347 g/mol. The Labute approximate surface area is 150 Å². The number of urea groups is 1. The molecule has 1 aliphatic heterocycles. The Bertz CT molecular complexity index is 616. The summed E-state index contributed by atoms with van der Waals surface area (Å²) >= 11 is 0. The molecular formula is C19H29N3O3. The molecule has 1 aliphatic rings. The van der Waals surface area contributed by atoms with E-state index in [2.05, 4.69) is 24.2 Å². The zero-order valence-electron chi connectivity index (χ0n) is 15.7. The number of benzene rings is 1. The van der Waals surface area contributed by atoms with Crippen LogP contribution >= 0.6 is 0 Å². The van der Waals surface area contributed by atoms with Gasteiger partial charge >= 0.3 is 6.03 Å². The topological polar surface area (TPSA) is 61.9 Å². The summed E-state index contributed by atoms with van der Waals surface area (Å²) in [5.41, 5.74) is 2.81. The highest BCUT2D eigenvalue weighted by molar-refractivity contribution is 6.04. The largest absolute Gasteiger partial charge is 0.373 e. The Hall–Kier alpha value is -1.92. The van der Waals surface area contributed by atoms with Crippen LogP contribution in [0.25, 0.3) is 0 Å². The summed E-state index contributed by atoms with van der Waals surface area (Å²) in [7, 11) is 5.34. The molecular weight excluding hydrogens is 318 g/mol. The summed E-state index contributed by atoms with van der Waals surface area (Å²) in [6, 6.07) is 5.21. The van der Waals surface area contributed by atoms with Crippen LogP contribution in [0.2, 0.25) is 0 Å². The van der Waals surface area contributed by atoms with Gasteiger partial charge in [0.2, 0.25) is 0 Å². The van der Waals surface area contributed by atoms with Crippen LogP contribution in [0.1, 0.15) is 47.4 Å². The van der Waals surface area contributed by atoms with Crippen LogP contribution < -0.4 is 5.32 Å². The van der Waals surface area contributed by atoms with Gasteiger partial charge in [0.25, 0.3) is 5.91 Å². The Kier molecular flexibility index (Phi) is 6.96. The second-order valence-corrected chi connectivity index (χ2v) is 6.77. The average Bonchev–Trinajstić information content (AvgIpc) is 2.59. The van der Waals surface area contributed by atoms with Crippen LogP contribution in [0.5, 0.6) is 0 Å². The first-order chi connectivity index (χ1) is 11.9. The van der Waals surface area contributed by atoms with E-state index in [-0.39, 0.29) is 12.0 Å². The van der Waals surface area contributed by atoms with Crippen LogP contribution in [-0.4, -0.2) is 62.6 Å². The Morgan fingerprint density at radius 1 is 1.24 bits per heavy atom. The molecule has 1 N–H and O–H groups in total. The highest BCUT2D eigenvalue weighted by Gasteiger charge is 2.22. The maximum atomic E-state index is 12.2. The number of ether oxygens (including phenoxy) is 1. The number of amides is 3. The lowest BCUT2D eigenvalue weighted by atomic mass is 9.93. The molecule has 1 atom stereocenters. The number of hydrogen-bond acceptors (Lipinski definition) is 4. The molecule has 1 heterocycles. The second-order valence-electron chi connectivity index (χ2n) is 6.77. The second kappa shape index (κ2) is 8.97. The number of hydrogen-bond donors (Lipinski definition) is 1. The SMILES string of the molecule is CCCN(C)CCC1OCCc2cc(C(=O)NC(=O)N(C)C)ccc21. The highest BCUT2D eigenvalue weighted by atomic mass is 16.5. The van der Waals surface area contributed by atoms with E-state index < -0.39 is 6.03 Å². The van der Waals surface area contributed by atoms with Gasteiger partial charge in [0.1, 0.15) is 0 Å². The van der Waals surface area contributed by atoms with Gasteiger partial charge in [-0.05, 0) is 56.1 Å². The molecule has 6 nitrogen and oxygen atoms in total. The summed E-state index contributed by atoms with van der Waals surface area (Å²) in [4.78, 5) is 27.5. The third kappa shape index (κ3) is 5.28. The molecule has 0 saturated heterocycles. The Morgan fingerprint density at radius 3 is 2.68 bits per heavy atom. The molecule has 0 saturated carbocycles. The molecule has 0 bridgehead atoms. The van der Waals surface area contributed by atoms with Crippen molar-refractivity contribution in [3.05, 3.63) is 34.9 Å². The summed E-state index contributed by atoms with van der Waals surface area (Å²) in [5, 5.41) is 2.38. The van der Waals surface area contributed by atoms with Crippen molar-refractivity contribution < 1.29 is 14.3 Å². The summed E-state index contributed by atoms with van der Waals surface area (Å²) in [6.07, 6.45) is 2.94. The minimum absolute atomic E-state index is 0.0728. The molecule has 1 aromatic rings. The van der Waals surface area contributed by atoms with Gasteiger partial charge in [0.05, 0.1) is 12.7 Å². The van der Waals surface area contributed by atoms with E-state index in [1.807, 2.05) is 12.1 Å². The molecule has 6 heteroatoms. The van der Waals surface area contributed by atoms with E-state index in [9.17, 15) is 9.59 Å². The fourth-order valence-corrected chi connectivity index (χ4v) is 3.03. The summed E-state index contributed by atoms with van der Waals surface area (Å²) in [5.74, 6) is -0.368. The number of carbonyl (C=O) groups is 2. The predicted octanol–water partition coefficient (Wildman–Crippen LogP) is 2.44. The van der Waals surface area contributed by atoms with Crippen molar-refractivity contribution in [1.29, 1.82) is 0 Å². The lowest BCUT2D eigenvalue weighted by Gasteiger charge is -2.28. The van der Waals surface area contributed by atoms with Crippen LogP contribution in [0.4, 0.5) is 4.79 Å². The van der Waals surface area contributed by atoms with Crippen molar-refractivity contribution in [3.63, 3.8) is 0 Å². The van der Waals surface area contributed by atoms with E-state index >= 15 is 0 Å². The third-order valence-corrected chi connectivity index (χ3v) is 4.45. The molecule has 1 aromatic carbocycles. The van der Waals surface area contributed by atoms with Gasteiger partial charge in [-0.15, -0.1) is 0 Å². The van der Waals surface area contributed by atoms with Gasteiger partial charge < -0.3 is 14.5 Å². The van der Waals surface area contributed by atoms with Gasteiger partial charge in [-0.1, -0.05) is 13.0 Å². The lowest BCUT2D eigenvalue weighted by Crippen LogP contribution is -2.38. The van der Waals surface area contributed by atoms with Crippen LogP contribution in [-0.2, 0) is 11.2 Å². The number of carbonyl (C=O) groups excluding carboxylic acids is 2. The fraction of sp³-hybridized carbons (Fsp3) is 0.579. The third-order valence-electron chi connectivity index (χ3n) is 4.45. The fourth-order valence-electron chi connectivity index (χ4n) is 3.03. The van der Waals surface area contributed by atoms with E-state index in [1.54, 1.807) is 20.2 Å². The number of rotatable bonds is 6. The first-order valence-corrected chi connectivity index (χ1v) is 8.88. The highest BCUT2D eigenvalue weighted by Crippen LogP contribution is 2.30. The molecule has 0 fully saturated rings. The van der Waals surface area contributed by atoms with Gasteiger partial charge in [-0.3, -0.25) is 10.1 Å². The normalized spacial score (nSPS) is 16.4. The zero-order valence-corrected chi connectivity index (χ0v) is 15.7. The molecule has 1 unspecified atom stereocenters. The first-order valence-electron chi connectivity index (χ1n) is 8.88. The molecule has 0 spiro atoms. The van der Waals surface area contributed by atoms with Crippen molar-refractivity contribution in [1.82, 2.24) is 15.1 Å². The lowest BCUT2D eigenvalue weighted by molar-refractivity contribution is 0.0309. The molecule has 0 radical (unpaired) electrons. The van der Waals surface area contributed by atoms with Crippen molar-refractivity contribution in [3.8, 4) is 0 Å². The molecule has 25 heavy (non-hydrogen) atoms.